The third-order valence-corrected chi connectivity index (χ3v) is 5.33. The zero-order chi connectivity index (χ0) is 14.2. The Morgan fingerprint density at radius 1 is 1.35 bits per heavy atom. The Balaban J connectivity index is 1.91. The molecule has 4 heteroatoms. The second-order valence-corrected chi connectivity index (χ2v) is 6.76. The molecule has 2 saturated carbocycles. The molecule has 0 amide bonds. The number of benzene rings is 1. The van der Waals surface area contributed by atoms with Gasteiger partial charge in [0.1, 0.15) is 5.75 Å². The van der Waals surface area contributed by atoms with Gasteiger partial charge in [0.05, 0.1) is 16.5 Å². The molecule has 2 fully saturated rings. The zero-order valence-electron chi connectivity index (χ0n) is 11.4. The van der Waals surface area contributed by atoms with Crippen LogP contribution in [0.4, 0.5) is 0 Å². The van der Waals surface area contributed by atoms with Crippen molar-refractivity contribution in [3.05, 3.63) is 28.2 Å². The Morgan fingerprint density at radius 2 is 2.05 bits per heavy atom. The fourth-order valence-corrected chi connectivity index (χ4v) is 3.82. The van der Waals surface area contributed by atoms with Gasteiger partial charge in [0, 0.05) is 0 Å². The number of carboxylic acids is 1. The van der Waals surface area contributed by atoms with Crippen molar-refractivity contribution in [2.45, 2.75) is 43.9 Å². The van der Waals surface area contributed by atoms with Crippen molar-refractivity contribution in [1.82, 2.24) is 0 Å². The molecule has 2 aliphatic carbocycles. The summed E-state index contributed by atoms with van der Waals surface area (Å²) in [5, 5.41) is 9.70. The van der Waals surface area contributed by atoms with E-state index in [9.17, 15) is 9.90 Å². The first-order valence-corrected chi connectivity index (χ1v) is 8.08. The third kappa shape index (κ3) is 2.46. The summed E-state index contributed by atoms with van der Waals surface area (Å²) in [5.41, 5.74) is 0.133. The highest BCUT2D eigenvalue weighted by Crippen LogP contribution is 2.46. The molecule has 20 heavy (non-hydrogen) atoms. The molecule has 108 valence electrons. The summed E-state index contributed by atoms with van der Waals surface area (Å²) >= 11 is 3.58. The Kier molecular flexibility index (Phi) is 3.76. The van der Waals surface area contributed by atoms with Crippen molar-refractivity contribution in [1.29, 1.82) is 0 Å². The lowest BCUT2D eigenvalue weighted by atomic mass is 9.79. The van der Waals surface area contributed by atoms with Crippen LogP contribution < -0.4 is 4.74 Å². The minimum Gasteiger partial charge on any atom is -0.492 e. The highest BCUT2D eigenvalue weighted by molar-refractivity contribution is 9.10. The predicted octanol–water partition coefficient (Wildman–Crippen LogP) is 4.13. The highest BCUT2D eigenvalue weighted by Gasteiger charge is 2.44. The first-order chi connectivity index (χ1) is 9.63. The summed E-state index contributed by atoms with van der Waals surface area (Å²) in [5.74, 6) is 0.752. The van der Waals surface area contributed by atoms with Gasteiger partial charge in [-0.05, 0) is 59.2 Å². The van der Waals surface area contributed by atoms with E-state index in [1.54, 1.807) is 0 Å². The van der Waals surface area contributed by atoms with Gasteiger partial charge in [0.25, 0.3) is 0 Å². The minimum atomic E-state index is -0.738. The van der Waals surface area contributed by atoms with Crippen molar-refractivity contribution in [2.24, 2.45) is 5.92 Å². The van der Waals surface area contributed by atoms with Gasteiger partial charge in [0.15, 0.2) is 0 Å². The van der Waals surface area contributed by atoms with Crippen LogP contribution >= 0.6 is 15.9 Å². The zero-order valence-corrected chi connectivity index (χ0v) is 13.0. The van der Waals surface area contributed by atoms with Crippen LogP contribution in [0.1, 0.15) is 44.1 Å². The van der Waals surface area contributed by atoms with Crippen molar-refractivity contribution < 1.29 is 14.6 Å². The predicted molar refractivity (Wildman–Crippen MR) is 80.1 cm³/mol. The molecule has 1 N–H and O–H groups in total. The fourth-order valence-electron chi connectivity index (χ4n) is 3.06. The average molecular weight is 339 g/mol. The molecule has 1 aromatic carbocycles. The van der Waals surface area contributed by atoms with Crippen LogP contribution in [-0.4, -0.2) is 17.7 Å². The quantitative estimate of drug-likeness (QED) is 0.877. The van der Waals surface area contributed by atoms with Crippen molar-refractivity contribution in [2.75, 3.05) is 6.61 Å². The summed E-state index contributed by atoms with van der Waals surface area (Å²) in [6.45, 7) is 0.738. The maximum Gasteiger partial charge on any atom is 0.314 e. The molecule has 0 radical (unpaired) electrons. The summed E-state index contributed by atoms with van der Waals surface area (Å²) < 4.78 is 6.67. The molecular formula is C16H19BrO3. The number of hydrogen-bond acceptors (Lipinski definition) is 2. The van der Waals surface area contributed by atoms with Crippen molar-refractivity contribution in [3.63, 3.8) is 0 Å². The summed E-state index contributed by atoms with van der Waals surface area (Å²) in [6, 6.07) is 5.75. The number of aliphatic carboxylic acids is 1. The van der Waals surface area contributed by atoms with Crippen LogP contribution in [0.2, 0.25) is 0 Å². The summed E-state index contributed by atoms with van der Waals surface area (Å²) in [4.78, 5) is 11.8. The monoisotopic (exact) mass is 338 g/mol. The number of ether oxygens (including phenoxy) is 1. The number of rotatable bonds is 5. The van der Waals surface area contributed by atoms with Crippen LogP contribution in [0.5, 0.6) is 5.75 Å². The Bertz CT molecular complexity index is 516. The maximum absolute atomic E-state index is 11.8. The molecule has 3 rings (SSSR count). The van der Waals surface area contributed by atoms with E-state index in [1.165, 1.54) is 12.8 Å². The molecule has 0 spiro atoms. The van der Waals surface area contributed by atoms with E-state index in [0.717, 1.165) is 35.2 Å². The van der Waals surface area contributed by atoms with E-state index < -0.39 is 11.4 Å². The van der Waals surface area contributed by atoms with Gasteiger partial charge >= 0.3 is 5.97 Å². The normalized spacial score (nSPS) is 20.9. The summed E-state index contributed by atoms with van der Waals surface area (Å²) in [7, 11) is 0. The molecule has 3 nitrogen and oxygen atoms in total. The van der Waals surface area contributed by atoms with Gasteiger partial charge in [-0.15, -0.1) is 0 Å². The largest absolute Gasteiger partial charge is 0.492 e. The second kappa shape index (κ2) is 5.40. The summed E-state index contributed by atoms with van der Waals surface area (Å²) in [6.07, 6.45) is 5.88. The maximum atomic E-state index is 11.8. The lowest BCUT2D eigenvalue weighted by Gasteiger charge is -2.26. The molecule has 0 atom stereocenters. The van der Waals surface area contributed by atoms with Gasteiger partial charge in [-0.1, -0.05) is 25.0 Å². The van der Waals surface area contributed by atoms with Gasteiger partial charge < -0.3 is 9.84 Å². The molecule has 2 aliphatic rings. The van der Waals surface area contributed by atoms with Crippen molar-refractivity contribution in [3.8, 4) is 5.75 Å². The van der Waals surface area contributed by atoms with Gasteiger partial charge in [-0.3, -0.25) is 4.79 Å². The van der Waals surface area contributed by atoms with E-state index in [1.807, 2.05) is 18.2 Å². The Labute approximate surface area is 127 Å². The molecule has 0 unspecified atom stereocenters. The number of carbonyl (C=O) groups is 1. The van der Waals surface area contributed by atoms with Gasteiger partial charge in [0.2, 0.25) is 0 Å². The molecule has 0 aromatic heterocycles. The van der Waals surface area contributed by atoms with E-state index >= 15 is 0 Å². The number of halogens is 1. The SMILES string of the molecule is O=C(O)C1(c2cccc(OCC3CC3)c2Br)CCCC1. The first-order valence-electron chi connectivity index (χ1n) is 7.29. The fraction of sp³-hybridized carbons (Fsp3) is 0.562. The number of carboxylic acid groups (broad SMARTS) is 1. The molecule has 0 heterocycles. The Hall–Kier alpha value is -1.03. The van der Waals surface area contributed by atoms with Crippen LogP contribution in [-0.2, 0) is 10.2 Å². The van der Waals surface area contributed by atoms with E-state index in [2.05, 4.69) is 15.9 Å². The lowest BCUT2D eigenvalue weighted by Crippen LogP contribution is -2.33. The third-order valence-electron chi connectivity index (χ3n) is 4.52. The smallest absolute Gasteiger partial charge is 0.314 e. The van der Waals surface area contributed by atoms with E-state index in [4.69, 9.17) is 4.74 Å². The van der Waals surface area contributed by atoms with Crippen LogP contribution in [0.25, 0.3) is 0 Å². The van der Waals surface area contributed by atoms with Gasteiger partial charge in [-0.2, -0.15) is 0 Å². The minimum absolute atomic E-state index is 0.686. The molecule has 0 aliphatic heterocycles. The molecule has 0 saturated heterocycles. The highest BCUT2D eigenvalue weighted by atomic mass is 79.9. The topological polar surface area (TPSA) is 46.5 Å². The van der Waals surface area contributed by atoms with Crippen LogP contribution in [0, 0.1) is 5.92 Å². The van der Waals surface area contributed by atoms with Crippen molar-refractivity contribution >= 4 is 21.9 Å². The van der Waals surface area contributed by atoms with Crippen LogP contribution in [0.15, 0.2) is 22.7 Å². The van der Waals surface area contributed by atoms with E-state index in [0.29, 0.717) is 18.8 Å². The molecular weight excluding hydrogens is 320 g/mol. The molecule has 0 bridgehead atoms. The Morgan fingerprint density at radius 3 is 2.65 bits per heavy atom. The first kappa shape index (κ1) is 13.9. The second-order valence-electron chi connectivity index (χ2n) is 5.97. The molecule has 1 aromatic rings. The lowest BCUT2D eigenvalue weighted by molar-refractivity contribution is -0.143. The van der Waals surface area contributed by atoms with E-state index in [-0.39, 0.29) is 0 Å². The number of hydrogen-bond donors (Lipinski definition) is 1. The standard InChI is InChI=1S/C16H19BrO3/c17-14-12(16(15(18)19)8-1-2-9-16)4-3-5-13(14)20-10-11-6-7-11/h3-5,11H,1-2,6-10H2,(H,18,19). The van der Waals surface area contributed by atoms with Crippen LogP contribution in [0.3, 0.4) is 0 Å². The average Bonchev–Trinajstić information content (AvgIpc) is 3.12. The van der Waals surface area contributed by atoms with Gasteiger partial charge in [-0.25, -0.2) is 0 Å².